The molecule has 1 fully saturated rings. The first-order valence-electron chi connectivity index (χ1n) is 12.9. The Morgan fingerprint density at radius 1 is 1.03 bits per heavy atom. The largest absolute Gasteiger partial charge is 0.481 e. The van der Waals surface area contributed by atoms with Crippen LogP contribution in [0.4, 0.5) is 17.3 Å². The average Bonchev–Trinajstić information content (AvgIpc) is 2.95. The highest BCUT2D eigenvalue weighted by Crippen LogP contribution is 2.24. The van der Waals surface area contributed by atoms with E-state index in [1.807, 2.05) is 55.5 Å². The van der Waals surface area contributed by atoms with Gasteiger partial charge in [0, 0.05) is 47.6 Å². The molecule has 2 aromatic carbocycles. The Kier molecular flexibility index (Phi) is 7.88. The number of nitrogens with zero attached hydrogens (tertiary/aromatic N) is 4. The highest BCUT2D eigenvalue weighted by molar-refractivity contribution is 6.05. The summed E-state index contributed by atoms with van der Waals surface area (Å²) in [6, 6.07) is 18.9. The molecule has 1 saturated heterocycles. The molecule has 39 heavy (non-hydrogen) atoms. The maximum atomic E-state index is 13.1. The zero-order chi connectivity index (χ0) is 27.2. The summed E-state index contributed by atoms with van der Waals surface area (Å²) < 4.78 is 0. The smallest absolute Gasteiger partial charge is 0.306 e. The molecule has 3 N–H and O–H groups in total. The fourth-order valence-electron chi connectivity index (χ4n) is 4.66. The normalized spacial score (nSPS) is 14.1. The third kappa shape index (κ3) is 6.63. The number of piperidine rings is 1. The molecule has 0 radical (unpaired) electrons. The zero-order valence-corrected chi connectivity index (χ0v) is 21.7. The fraction of sp³-hybridized carbons (Fsp3) is 0.233. The second-order valence-electron chi connectivity index (χ2n) is 9.71. The van der Waals surface area contributed by atoms with Crippen LogP contribution in [0.2, 0.25) is 0 Å². The van der Waals surface area contributed by atoms with Gasteiger partial charge in [0.05, 0.1) is 11.6 Å². The Balaban J connectivity index is 1.25. The van der Waals surface area contributed by atoms with Crippen molar-refractivity contribution < 1.29 is 14.7 Å². The van der Waals surface area contributed by atoms with Gasteiger partial charge in [0.2, 0.25) is 5.95 Å². The van der Waals surface area contributed by atoms with E-state index in [1.54, 1.807) is 30.7 Å². The number of nitrogens with one attached hydrogen (secondary N) is 2. The number of rotatable bonds is 8. The second-order valence-corrected chi connectivity index (χ2v) is 9.71. The number of aliphatic carboxylic acids is 1. The Labute approximate surface area is 227 Å². The number of likely N-dealkylation sites (tertiary alicyclic amines) is 1. The van der Waals surface area contributed by atoms with Gasteiger partial charge in [-0.05, 0) is 86.4 Å². The predicted octanol–water partition coefficient (Wildman–Crippen LogP) is 5.14. The lowest BCUT2D eigenvalue weighted by molar-refractivity contribution is -0.143. The first-order chi connectivity index (χ1) is 18.9. The van der Waals surface area contributed by atoms with Crippen molar-refractivity contribution in [2.24, 2.45) is 5.92 Å². The van der Waals surface area contributed by atoms with Crippen LogP contribution >= 0.6 is 0 Å². The number of anilines is 3. The monoisotopic (exact) mass is 522 g/mol. The van der Waals surface area contributed by atoms with Crippen LogP contribution in [0.1, 0.15) is 34.3 Å². The zero-order valence-electron chi connectivity index (χ0n) is 21.7. The molecule has 1 aliphatic heterocycles. The predicted molar refractivity (Wildman–Crippen MR) is 150 cm³/mol. The number of hydrogen-bond donors (Lipinski definition) is 3. The molecule has 3 heterocycles. The summed E-state index contributed by atoms with van der Waals surface area (Å²) in [5.41, 5.74) is 5.62. The van der Waals surface area contributed by atoms with E-state index in [0.29, 0.717) is 36.6 Å². The molecule has 0 unspecified atom stereocenters. The third-order valence-electron chi connectivity index (χ3n) is 6.89. The second kappa shape index (κ2) is 11.8. The number of carboxylic acid groups (broad SMARTS) is 1. The Hall–Kier alpha value is -4.63. The van der Waals surface area contributed by atoms with Crippen molar-refractivity contribution in [3.8, 4) is 11.3 Å². The standard InChI is InChI=1S/C30H30N6O3/c1-20-7-8-23(17-27(20)35-30-32-13-9-26(34-30)24-5-3-12-31-18-24)28(37)33-25-6-2-4-21(16-25)19-36-14-10-22(11-15-36)29(38)39/h2-9,12-13,16-18,22H,10-11,14-15,19H2,1H3,(H,33,37)(H,38,39)(H,32,34,35). The van der Waals surface area contributed by atoms with Crippen molar-refractivity contribution in [1.29, 1.82) is 0 Å². The SMILES string of the molecule is Cc1ccc(C(=O)Nc2cccc(CN3CCC(C(=O)O)CC3)c2)cc1Nc1nccc(-c2cccnc2)n1. The summed E-state index contributed by atoms with van der Waals surface area (Å²) in [4.78, 5) is 39.7. The number of carbonyl (C=O) groups excluding carboxylic acids is 1. The Bertz CT molecular complexity index is 1470. The van der Waals surface area contributed by atoms with Crippen molar-refractivity contribution in [2.75, 3.05) is 23.7 Å². The fourth-order valence-corrected chi connectivity index (χ4v) is 4.66. The molecule has 198 valence electrons. The number of carboxylic acids is 1. The van der Waals surface area contributed by atoms with Gasteiger partial charge in [-0.2, -0.15) is 0 Å². The van der Waals surface area contributed by atoms with Crippen molar-refractivity contribution in [1.82, 2.24) is 19.9 Å². The van der Waals surface area contributed by atoms with E-state index in [-0.39, 0.29) is 11.8 Å². The quantitative estimate of drug-likeness (QED) is 0.291. The van der Waals surface area contributed by atoms with Crippen molar-refractivity contribution >= 4 is 29.2 Å². The van der Waals surface area contributed by atoms with Gasteiger partial charge in [0.25, 0.3) is 5.91 Å². The van der Waals surface area contributed by atoms with Crippen LogP contribution in [0.3, 0.4) is 0 Å². The minimum Gasteiger partial charge on any atom is -0.481 e. The molecule has 9 heteroatoms. The molecule has 0 atom stereocenters. The van der Waals surface area contributed by atoms with Crippen LogP contribution in [0.5, 0.6) is 0 Å². The van der Waals surface area contributed by atoms with E-state index in [1.165, 1.54) is 0 Å². The number of aryl methyl sites for hydroxylation is 1. The minimum absolute atomic E-state index is 0.220. The van der Waals surface area contributed by atoms with Crippen LogP contribution in [-0.2, 0) is 11.3 Å². The molecule has 9 nitrogen and oxygen atoms in total. The van der Waals surface area contributed by atoms with Crippen molar-refractivity contribution in [3.05, 3.63) is 95.9 Å². The molecule has 0 spiro atoms. The molecular formula is C30H30N6O3. The Morgan fingerprint density at radius 3 is 2.64 bits per heavy atom. The lowest BCUT2D eigenvalue weighted by Crippen LogP contribution is -2.35. The summed E-state index contributed by atoms with van der Waals surface area (Å²) in [5.74, 6) is -0.753. The molecular weight excluding hydrogens is 492 g/mol. The van der Waals surface area contributed by atoms with Gasteiger partial charge < -0.3 is 15.7 Å². The van der Waals surface area contributed by atoms with Gasteiger partial charge in [-0.15, -0.1) is 0 Å². The number of pyridine rings is 1. The molecule has 5 rings (SSSR count). The first kappa shape index (κ1) is 26.0. The van der Waals surface area contributed by atoms with E-state index in [4.69, 9.17) is 0 Å². The van der Waals surface area contributed by atoms with E-state index in [2.05, 4.69) is 30.5 Å². The van der Waals surface area contributed by atoms with Crippen LogP contribution in [0, 0.1) is 12.8 Å². The molecule has 1 amide bonds. The molecule has 0 saturated carbocycles. The van der Waals surface area contributed by atoms with Crippen LogP contribution in [-0.4, -0.2) is 49.9 Å². The number of amides is 1. The average molecular weight is 523 g/mol. The number of hydrogen-bond acceptors (Lipinski definition) is 7. The molecule has 1 aliphatic rings. The summed E-state index contributed by atoms with van der Waals surface area (Å²) in [7, 11) is 0. The molecule has 0 aliphatic carbocycles. The highest BCUT2D eigenvalue weighted by atomic mass is 16.4. The topological polar surface area (TPSA) is 120 Å². The maximum absolute atomic E-state index is 13.1. The summed E-state index contributed by atoms with van der Waals surface area (Å²) in [5, 5.41) is 15.5. The summed E-state index contributed by atoms with van der Waals surface area (Å²) in [6.07, 6.45) is 6.47. The minimum atomic E-state index is -0.709. The van der Waals surface area contributed by atoms with Crippen molar-refractivity contribution in [3.63, 3.8) is 0 Å². The summed E-state index contributed by atoms with van der Waals surface area (Å²) in [6.45, 7) is 4.17. The molecule has 4 aromatic rings. The van der Waals surface area contributed by atoms with E-state index in [9.17, 15) is 14.7 Å². The van der Waals surface area contributed by atoms with Gasteiger partial charge in [-0.1, -0.05) is 18.2 Å². The number of benzene rings is 2. The van der Waals surface area contributed by atoms with Gasteiger partial charge in [-0.25, -0.2) is 9.97 Å². The van der Waals surface area contributed by atoms with Gasteiger partial charge in [0.1, 0.15) is 0 Å². The highest BCUT2D eigenvalue weighted by Gasteiger charge is 2.24. The molecule has 0 bridgehead atoms. The summed E-state index contributed by atoms with van der Waals surface area (Å²) >= 11 is 0. The van der Waals surface area contributed by atoms with E-state index in [0.717, 1.165) is 41.2 Å². The Morgan fingerprint density at radius 2 is 1.87 bits per heavy atom. The van der Waals surface area contributed by atoms with Gasteiger partial charge in [-0.3, -0.25) is 19.5 Å². The maximum Gasteiger partial charge on any atom is 0.306 e. The first-order valence-corrected chi connectivity index (χ1v) is 12.9. The lowest BCUT2D eigenvalue weighted by atomic mass is 9.97. The van der Waals surface area contributed by atoms with Gasteiger partial charge >= 0.3 is 5.97 Å². The number of carbonyl (C=O) groups is 2. The van der Waals surface area contributed by atoms with E-state index < -0.39 is 5.97 Å². The van der Waals surface area contributed by atoms with Gasteiger partial charge in [0.15, 0.2) is 0 Å². The third-order valence-corrected chi connectivity index (χ3v) is 6.89. The van der Waals surface area contributed by atoms with Crippen LogP contribution < -0.4 is 10.6 Å². The van der Waals surface area contributed by atoms with E-state index >= 15 is 0 Å². The van der Waals surface area contributed by atoms with Crippen LogP contribution in [0.15, 0.2) is 79.3 Å². The lowest BCUT2D eigenvalue weighted by Gasteiger charge is -2.30. The van der Waals surface area contributed by atoms with Crippen molar-refractivity contribution in [2.45, 2.75) is 26.3 Å². The molecule has 2 aromatic heterocycles. The number of aromatic nitrogens is 3. The van der Waals surface area contributed by atoms with Crippen LogP contribution in [0.25, 0.3) is 11.3 Å².